The number of hydrogen-bond acceptors (Lipinski definition) is 4. The Balaban J connectivity index is 2.11. The molecule has 4 atom stereocenters. The van der Waals surface area contributed by atoms with Gasteiger partial charge in [0.15, 0.2) is 0 Å². The SMILES string of the molecule is CC1OC(C)C(C(=O)N2CC(=O)NC(=O)C2)C1C. The fourth-order valence-corrected chi connectivity index (χ4v) is 2.70. The molecule has 2 heterocycles. The zero-order chi connectivity index (χ0) is 13.4. The second-order valence-electron chi connectivity index (χ2n) is 5.10. The van der Waals surface area contributed by atoms with Crippen molar-refractivity contribution in [1.29, 1.82) is 0 Å². The molecular formula is C12H18N2O4. The van der Waals surface area contributed by atoms with E-state index in [-0.39, 0.29) is 43.0 Å². The van der Waals surface area contributed by atoms with Crippen LogP contribution in [0.5, 0.6) is 0 Å². The predicted octanol–water partition coefficient (Wildman–Crippen LogP) is -0.469. The van der Waals surface area contributed by atoms with Crippen molar-refractivity contribution in [3.8, 4) is 0 Å². The molecule has 1 N–H and O–H groups in total. The van der Waals surface area contributed by atoms with Gasteiger partial charge in [0.05, 0.1) is 18.1 Å². The highest BCUT2D eigenvalue weighted by Crippen LogP contribution is 2.33. The van der Waals surface area contributed by atoms with Crippen molar-refractivity contribution in [3.63, 3.8) is 0 Å². The molecule has 100 valence electrons. The maximum absolute atomic E-state index is 12.4. The molecule has 6 heteroatoms. The molecule has 0 bridgehead atoms. The van der Waals surface area contributed by atoms with Gasteiger partial charge in [-0.2, -0.15) is 0 Å². The minimum absolute atomic E-state index is 0.0169. The molecule has 0 saturated carbocycles. The standard InChI is InChI=1S/C12H18N2O4/c1-6-7(2)18-8(3)11(6)12(17)14-4-9(15)13-10(16)5-14/h6-8,11H,4-5H2,1-3H3,(H,13,15,16). The van der Waals surface area contributed by atoms with Crippen LogP contribution in [0.1, 0.15) is 20.8 Å². The van der Waals surface area contributed by atoms with E-state index < -0.39 is 11.8 Å². The molecule has 0 aromatic carbocycles. The van der Waals surface area contributed by atoms with E-state index in [9.17, 15) is 14.4 Å². The maximum atomic E-state index is 12.4. The van der Waals surface area contributed by atoms with Crippen LogP contribution in [0, 0.1) is 11.8 Å². The third-order valence-electron chi connectivity index (χ3n) is 3.79. The number of hydrogen-bond donors (Lipinski definition) is 1. The highest BCUT2D eigenvalue weighted by Gasteiger charge is 2.44. The van der Waals surface area contributed by atoms with Crippen LogP contribution in [-0.2, 0) is 19.1 Å². The molecule has 3 amide bonds. The van der Waals surface area contributed by atoms with E-state index in [1.807, 2.05) is 20.8 Å². The van der Waals surface area contributed by atoms with Gasteiger partial charge in [0.2, 0.25) is 17.7 Å². The van der Waals surface area contributed by atoms with Gasteiger partial charge in [-0.25, -0.2) is 0 Å². The lowest BCUT2D eigenvalue weighted by Gasteiger charge is -2.30. The van der Waals surface area contributed by atoms with Crippen molar-refractivity contribution in [2.24, 2.45) is 11.8 Å². The number of amides is 3. The second kappa shape index (κ2) is 4.68. The van der Waals surface area contributed by atoms with Gasteiger partial charge < -0.3 is 9.64 Å². The molecule has 0 radical (unpaired) electrons. The monoisotopic (exact) mass is 254 g/mol. The average Bonchev–Trinajstić information content (AvgIpc) is 2.51. The van der Waals surface area contributed by atoms with Gasteiger partial charge in [-0.3, -0.25) is 19.7 Å². The van der Waals surface area contributed by atoms with E-state index in [4.69, 9.17) is 4.74 Å². The number of nitrogens with one attached hydrogen (secondary N) is 1. The molecule has 0 aliphatic carbocycles. The normalized spacial score (nSPS) is 36.7. The molecule has 0 spiro atoms. The number of ether oxygens (including phenoxy) is 1. The van der Waals surface area contributed by atoms with E-state index in [1.165, 1.54) is 4.90 Å². The van der Waals surface area contributed by atoms with Gasteiger partial charge >= 0.3 is 0 Å². The van der Waals surface area contributed by atoms with Crippen molar-refractivity contribution in [1.82, 2.24) is 10.2 Å². The van der Waals surface area contributed by atoms with Crippen molar-refractivity contribution in [2.45, 2.75) is 33.0 Å². The zero-order valence-electron chi connectivity index (χ0n) is 10.8. The Morgan fingerprint density at radius 2 is 1.72 bits per heavy atom. The summed E-state index contributed by atoms with van der Waals surface area (Å²) in [6.45, 7) is 5.66. The second-order valence-corrected chi connectivity index (χ2v) is 5.10. The quantitative estimate of drug-likeness (QED) is 0.642. The number of rotatable bonds is 1. The van der Waals surface area contributed by atoms with Crippen LogP contribution in [0.25, 0.3) is 0 Å². The summed E-state index contributed by atoms with van der Waals surface area (Å²) >= 11 is 0. The van der Waals surface area contributed by atoms with Gasteiger partial charge in [-0.15, -0.1) is 0 Å². The molecule has 2 saturated heterocycles. The maximum Gasteiger partial charge on any atom is 0.246 e. The highest BCUT2D eigenvalue weighted by molar-refractivity contribution is 6.02. The van der Waals surface area contributed by atoms with Crippen LogP contribution in [-0.4, -0.2) is 47.9 Å². The summed E-state index contributed by atoms with van der Waals surface area (Å²) in [7, 11) is 0. The Morgan fingerprint density at radius 3 is 2.17 bits per heavy atom. The number of piperazine rings is 1. The Labute approximate surface area is 106 Å². The van der Waals surface area contributed by atoms with Crippen molar-refractivity contribution >= 4 is 17.7 Å². The summed E-state index contributed by atoms with van der Waals surface area (Å²) in [6.07, 6.45) is -0.161. The first-order chi connectivity index (χ1) is 8.40. The van der Waals surface area contributed by atoms with E-state index in [0.717, 1.165) is 0 Å². The van der Waals surface area contributed by atoms with Gasteiger partial charge in [-0.1, -0.05) is 6.92 Å². The summed E-state index contributed by atoms with van der Waals surface area (Å²) in [5.74, 6) is -1.20. The molecule has 18 heavy (non-hydrogen) atoms. The first-order valence-electron chi connectivity index (χ1n) is 6.17. The zero-order valence-corrected chi connectivity index (χ0v) is 10.8. The van der Waals surface area contributed by atoms with Crippen LogP contribution in [0.2, 0.25) is 0 Å². The first kappa shape index (κ1) is 13.0. The number of carbonyl (C=O) groups excluding carboxylic acids is 3. The van der Waals surface area contributed by atoms with Gasteiger partial charge in [-0.05, 0) is 19.8 Å². The van der Waals surface area contributed by atoms with Crippen molar-refractivity contribution in [3.05, 3.63) is 0 Å². The van der Waals surface area contributed by atoms with Crippen LogP contribution < -0.4 is 5.32 Å². The van der Waals surface area contributed by atoms with Crippen molar-refractivity contribution < 1.29 is 19.1 Å². The number of imide groups is 1. The average molecular weight is 254 g/mol. The van der Waals surface area contributed by atoms with Gasteiger partial charge in [0, 0.05) is 0 Å². The van der Waals surface area contributed by atoms with E-state index >= 15 is 0 Å². The first-order valence-corrected chi connectivity index (χ1v) is 6.17. The molecule has 2 fully saturated rings. The fourth-order valence-electron chi connectivity index (χ4n) is 2.70. The summed E-state index contributed by atoms with van der Waals surface area (Å²) in [5, 5.41) is 2.18. The third-order valence-corrected chi connectivity index (χ3v) is 3.79. The Morgan fingerprint density at radius 1 is 1.17 bits per heavy atom. The molecule has 2 aliphatic rings. The number of carbonyl (C=O) groups is 3. The molecule has 0 aromatic heterocycles. The predicted molar refractivity (Wildman–Crippen MR) is 62.4 cm³/mol. The molecule has 2 rings (SSSR count). The van der Waals surface area contributed by atoms with Gasteiger partial charge in [0.1, 0.15) is 13.1 Å². The summed E-state index contributed by atoms with van der Waals surface area (Å²) in [5.41, 5.74) is 0. The molecule has 2 aliphatic heterocycles. The lowest BCUT2D eigenvalue weighted by molar-refractivity contribution is -0.149. The van der Waals surface area contributed by atoms with Gasteiger partial charge in [0.25, 0.3) is 0 Å². The number of nitrogens with zero attached hydrogens (tertiary/aromatic N) is 1. The smallest absolute Gasteiger partial charge is 0.246 e. The van der Waals surface area contributed by atoms with Crippen LogP contribution in [0.15, 0.2) is 0 Å². The summed E-state index contributed by atoms with van der Waals surface area (Å²) < 4.78 is 5.62. The van der Waals surface area contributed by atoms with E-state index in [2.05, 4.69) is 5.32 Å². The lowest BCUT2D eigenvalue weighted by atomic mass is 9.88. The highest BCUT2D eigenvalue weighted by atomic mass is 16.5. The molecule has 0 aromatic rings. The van der Waals surface area contributed by atoms with Crippen LogP contribution in [0.4, 0.5) is 0 Å². The Bertz CT molecular complexity index is 380. The minimum atomic E-state index is -0.424. The van der Waals surface area contributed by atoms with Crippen LogP contribution in [0.3, 0.4) is 0 Å². The third kappa shape index (κ3) is 2.25. The fraction of sp³-hybridized carbons (Fsp3) is 0.750. The van der Waals surface area contributed by atoms with Crippen LogP contribution >= 0.6 is 0 Å². The lowest BCUT2D eigenvalue weighted by Crippen LogP contribution is -2.55. The van der Waals surface area contributed by atoms with Crippen molar-refractivity contribution in [2.75, 3.05) is 13.1 Å². The Hall–Kier alpha value is -1.43. The summed E-state index contributed by atoms with van der Waals surface area (Å²) in [4.78, 5) is 36.2. The summed E-state index contributed by atoms with van der Waals surface area (Å²) in [6, 6.07) is 0. The molecular weight excluding hydrogens is 236 g/mol. The van der Waals surface area contributed by atoms with E-state index in [1.54, 1.807) is 0 Å². The molecule has 4 unspecified atom stereocenters. The largest absolute Gasteiger partial charge is 0.374 e. The topological polar surface area (TPSA) is 75.7 Å². The minimum Gasteiger partial charge on any atom is -0.374 e. The molecule has 6 nitrogen and oxygen atoms in total. The Kier molecular flexibility index (Phi) is 3.38. The van der Waals surface area contributed by atoms with E-state index in [0.29, 0.717) is 0 Å².